The van der Waals surface area contributed by atoms with Gasteiger partial charge in [-0.1, -0.05) is 50.1 Å². The number of benzene rings is 3. The molecule has 1 heterocycles. The third-order valence-corrected chi connectivity index (χ3v) is 5.09. The van der Waals surface area contributed by atoms with Gasteiger partial charge >= 0.3 is 0 Å². The van der Waals surface area contributed by atoms with E-state index in [2.05, 4.69) is 36.9 Å². The third kappa shape index (κ3) is 3.91. The summed E-state index contributed by atoms with van der Waals surface area (Å²) in [5.74, 6) is 0. The van der Waals surface area contributed by atoms with E-state index in [1.807, 2.05) is 60.7 Å². The summed E-state index contributed by atoms with van der Waals surface area (Å²) in [6.45, 7) is 0. The van der Waals surface area contributed by atoms with E-state index in [0.717, 1.165) is 30.6 Å². The Hall–Kier alpha value is -2.57. The van der Waals surface area contributed by atoms with Gasteiger partial charge in [0.1, 0.15) is 5.71 Å². The number of nitrogens with zero attached hydrogens (tertiary/aromatic N) is 3. The smallest absolute Gasteiger partial charge is 0.216 e. The first kappa shape index (κ1) is 17.8. The van der Waals surface area contributed by atoms with Gasteiger partial charge in [0.2, 0.25) is 11.9 Å². The molecule has 27 heavy (non-hydrogen) atoms. The highest BCUT2D eigenvalue weighted by Crippen LogP contribution is 2.29. The van der Waals surface area contributed by atoms with Crippen molar-refractivity contribution in [2.45, 2.75) is 0 Å². The van der Waals surface area contributed by atoms with E-state index in [1.54, 1.807) is 12.1 Å². The van der Waals surface area contributed by atoms with Crippen molar-refractivity contribution in [1.29, 1.82) is 0 Å². The topological polar surface area (TPSA) is 50.8 Å². The van der Waals surface area contributed by atoms with E-state index in [0.29, 0.717) is 17.1 Å². The van der Waals surface area contributed by atoms with Gasteiger partial charge in [-0.3, -0.25) is 0 Å². The second kappa shape index (κ2) is 7.58. The van der Waals surface area contributed by atoms with Gasteiger partial charge in [0.15, 0.2) is 5.71 Å². The zero-order valence-corrected chi connectivity index (χ0v) is 17.2. The van der Waals surface area contributed by atoms with Gasteiger partial charge in [-0.25, -0.2) is 9.98 Å². The first-order valence-corrected chi connectivity index (χ1v) is 9.78. The second-order valence-electron chi connectivity index (χ2n) is 5.88. The number of fused-ring (bicyclic) bond motifs is 1. The molecular formula is C21H13Br2N3O. The molecule has 0 atom stereocenters. The zero-order chi connectivity index (χ0) is 18.8. The average molecular weight is 483 g/mol. The Morgan fingerprint density at radius 1 is 0.852 bits per heavy atom. The maximum atomic E-state index is 12.6. The van der Waals surface area contributed by atoms with Crippen molar-refractivity contribution in [3.05, 3.63) is 92.5 Å². The van der Waals surface area contributed by atoms with Gasteiger partial charge in [-0.15, -0.1) is 0 Å². The van der Waals surface area contributed by atoms with Crippen molar-refractivity contribution in [2.24, 2.45) is 9.98 Å². The van der Waals surface area contributed by atoms with E-state index in [1.165, 1.54) is 6.21 Å². The molecule has 0 bridgehead atoms. The number of hydrogen-bond acceptors (Lipinski definition) is 3. The third-order valence-electron chi connectivity index (χ3n) is 4.03. The summed E-state index contributed by atoms with van der Waals surface area (Å²) in [6, 6.07) is 22.6. The summed E-state index contributed by atoms with van der Waals surface area (Å²) in [6.07, 6.45) is 1.47. The summed E-state index contributed by atoms with van der Waals surface area (Å²) in [5, 5.41) is 12.6. The Kier molecular flexibility index (Phi) is 5.01. The van der Waals surface area contributed by atoms with Crippen LogP contribution in [0.4, 0.5) is 17.1 Å². The van der Waals surface area contributed by atoms with Crippen LogP contribution in [0.1, 0.15) is 5.56 Å². The van der Waals surface area contributed by atoms with E-state index < -0.39 is 0 Å². The molecule has 0 fully saturated rings. The van der Waals surface area contributed by atoms with Gasteiger partial charge < -0.3 is 5.21 Å². The van der Waals surface area contributed by atoms with Crippen molar-refractivity contribution < 1.29 is 4.74 Å². The van der Waals surface area contributed by atoms with Crippen LogP contribution in [0.3, 0.4) is 0 Å². The molecule has 0 N–H and O–H groups in total. The largest absolute Gasteiger partial charge is 0.618 e. The molecule has 0 radical (unpaired) electrons. The van der Waals surface area contributed by atoms with Crippen molar-refractivity contribution in [3.8, 4) is 0 Å². The highest BCUT2D eigenvalue weighted by molar-refractivity contribution is 9.10. The van der Waals surface area contributed by atoms with Crippen LogP contribution >= 0.6 is 31.9 Å². The maximum Gasteiger partial charge on any atom is 0.216 e. The zero-order valence-electron chi connectivity index (χ0n) is 14.0. The first-order chi connectivity index (χ1) is 13.1. The molecule has 0 saturated heterocycles. The fourth-order valence-electron chi connectivity index (χ4n) is 2.72. The molecule has 0 aliphatic carbocycles. The van der Waals surface area contributed by atoms with Gasteiger partial charge in [0.05, 0.1) is 11.4 Å². The number of rotatable bonds is 3. The molecule has 0 unspecified atom stereocenters. The van der Waals surface area contributed by atoms with Crippen LogP contribution in [0.2, 0.25) is 0 Å². The van der Waals surface area contributed by atoms with E-state index in [9.17, 15) is 5.21 Å². The molecule has 3 aromatic carbocycles. The maximum absolute atomic E-state index is 12.6. The molecular weight excluding hydrogens is 470 g/mol. The molecule has 1 aliphatic rings. The lowest BCUT2D eigenvalue weighted by atomic mass is 10.1. The molecule has 0 aromatic heterocycles. The van der Waals surface area contributed by atoms with Crippen LogP contribution in [-0.4, -0.2) is 22.4 Å². The van der Waals surface area contributed by atoms with Crippen LogP contribution in [0.25, 0.3) is 0 Å². The molecule has 6 heteroatoms. The first-order valence-electron chi connectivity index (χ1n) is 8.20. The minimum Gasteiger partial charge on any atom is -0.618 e. The van der Waals surface area contributed by atoms with Crippen molar-refractivity contribution in [1.82, 2.24) is 0 Å². The average Bonchev–Trinajstić information content (AvgIpc) is 3.01. The molecule has 1 aliphatic heterocycles. The normalized spacial score (nSPS) is 15.0. The molecule has 4 rings (SSSR count). The fraction of sp³-hybridized carbons (Fsp3) is 0. The summed E-state index contributed by atoms with van der Waals surface area (Å²) < 4.78 is 2.72. The fourth-order valence-corrected chi connectivity index (χ4v) is 3.25. The van der Waals surface area contributed by atoms with Crippen LogP contribution in [0, 0.1) is 5.21 Å². The van der Waals surface area contributed by atoms with E-state index in [-0.39, 0.29) is 0 Å². The van der Waals surface area contributed by atoms with Crippen LogP contribution in [0.15, 0.2) is 91.7 Å². The lowest BCUT2D eigenvalue weighted by Gasteiger charge is -2.04. The number of para-hydroxylation sites is 1. The van der Waals surface area contributed by atoms with Gasteiger partial charge in [-0.2, -0.15) is 4.74 Å². The van der Waals surface area contributed by atoms with Crippen molar-refractivity contribution >= 4 is 66.6 Å². The predicted octanol–water partition coefficient (Wildman–Crippen LogP) is 6.33. The Morgan fingerprint density at radius 2 is 1.48 bits per heavy atom. The van der Waals surface area contributed by atoms with Crippen molar-refractivity contribution in [2.75, 3.05) is 0 Å². The van der Waals surface area contributed by atoms with Crippen LogP contribution < -0.4 is 0 Å². The Bertz CT molecular complexity index is 1090. The van der Waals surface area contributed by atoms with E-state index in [4.69, 9.17) is 4.99 Å². The summed E-state index contributed by atoms with van der Waals surface area (Å²) in [7, 11) is 0. The number of hydrogen-bond donors (Lipinski definition) is 0. The summed E-state index contributed by atoms with van der Waals surface area (Å²) >= 11 is 6.81. The molecule has 0 spiro atoms. The minimum atomic E-state index is 0.528. The van der Waals surface area contributed by atoms with Crippen LogP contribution in [0.5, 0.6) is 0 Å². The van der Waals surface area contributed by atoms with Gasteiger partial charge in [-0.05, 0) is 42.5 Å². The number of aliphatic imine (C=N–C) groups is 2. The Morgan fingerprint density at radius 3 is 2.19 bits per heavy atom. The van der Waals surface area contributed by atoms with E-state index >= 15 is 0 Å². The lowest BCUT2D eigenvalue weighted by molar-refractivity contribution is -0.353. The van der Waals surface area contributed by atoms with Gasteiger partial charge in [0, 0.05) is 26.6 Å². The monoisotopic (exact) mass is 481 g/mol. The molecule has 3 aromatic rings. The quantitative estimate of drug-likeness (QED) is 0.186. The summed E-state index contributed by atoms with van der Waals surface area (Å²) in [5.41, 5.74) is 4.27. The van der Waals surface area contributed by atoms with Crippen molar-refractivity contribution in [3.63, 3.8) is 0 Å². The lowest BCUT2D eigenvalue weighted by Crippen LogP contribution is -2.17. The van der Waals surface area contributed by atoms with Gasteiger partial charge in [0.25, 0.3) is 0 Å². The second-order valence-corrected chi connectivity index (χ2v) is 7.71. The highest BCUT2D eigenvalue weighted by Gasteiger charge is 2.23. The molecule has 0 amide bonds. The highest BCUT2D eigenvalue weighted by atomic mass is 79.9. The predicted molar refractivity (Wildman–Crippen MR) is 117 cm³/mol. The van der Waals surface area contributed by atoms with Crippen LogP contribution in [-0.2, 0) is 0 Å². The molecule has 132 valence electrons. The number of halogens is 2. The molecule has 4 nitrogen and oxygen atoms in total. The standard InChI is InChI=1S/C21H13Br2N3O/c22-14-5-9-16(10-6-14)24-21-18-3-1-2-4-19(18)25-20(21)13-26(27)17-11-7-15(23)8-12-17/h1-13H/b24-21?,26-13+. The molecule has 0 saturated carbocycles. The Balaban J connectivity index is 1.77. The summed E-state index contributed by atoms with van der Waals surface area (Å²) in [4.78, 5) is 9.34. The Labute approximate surface area is 173 Å². The minimum absolute atomic E-state index is 0.528. The SMILES string of the molecule is [O-]/[N+](=C/C1=Nc2ccccc2C1=Nc1ccc(Br)cc1)c1ccc(Br)cc1.